The number of hydrogen-bond acceptors (Lipinski definition) is 5. The molecule has 0 aliphatic carbocycles. The average molecular weight is 238 g/mol. The molecule has 0 unspecified atom stereocenters. The van der Waals surface area contributed by atoms with Gasteiger partial charge in [-0.3, -0.25) is 0 Å². The van der Waals surface area contributed by atoms with Gasteiger partial charge >= 0.3 is 0 Å². The zero-order valence-corrected chi connectivity index (χ0v) is 11.1. The van der Waals surface area contributed by atoms with Crippen molar-refractivity contribution in [3.05, 3.63) is 5.82 Å². The minimum atomic E-state index is 0.442. The number of aryl methyl sites for hydroxylation is 1. The van der Waals surface area contributed by atoms with E-state index in [9.17, 15) is 0 Å². The number of nitrogens with two attached hydrogens (primary N) is 1. The van der Waals surface area contributed by atoms with Crippen LogP contribution in [0, 0.1) is 5.92 Å². The summed E-state index contributed by atoms with van der Waals surface area (Å²) in [6.45, 7) is 9.56. The van der Waals surface area contributed by atoms with Gasteiger partial charge in [0.2, 0.25) is 5.88 Å². The first kappa shape index (κ1) is 13.5. The largest absolute Gasteiger partial charge is 0.476 e. The summed E-state index contributed by atoms with van der Waals surface area (Å²) >= 11 is 0. The van der Waals surface area contributed by atoms with Crippen LogP contribution in [0.1, 0.15) is 33.5 Å². The smallest absolute Gasteiger partial charge is 0.242 e. The third kappa shape index (κ3) is 3.76. The van der Waals surface area contributed by atoms with E-state index in [1.54, 1.807) is 0 Å². The van der Waals surface area contributed by atoms with Gasteiger partial charge in [0.05, 0.1) is 6.61 Å². The summed E-state index contributed by atoms with van der Waals surface area (Å²) in [6.07, 6.45) is 0.761. The summed E-state index contributed by atoms with van der Waals surface area (Å²) in [5.74, 6) is 2.34. The van der Waals surface area contributed by atoms with Crippen molar-refractivity contribution in [3.8, 4) is 5.88 Å². The van der Waals surface area contributed by atoms with E-state index in [-0.39, 0.29) is 0 Å². The fourth-order valence-corrected chi connectivity index (χ4v) is 1.31. The third-order valence-corrected chi connectivity index (χ3v) is 2.17. The molecule has 1 heterocycles. The van der Waals surface area contributed by atoms with Gasteiger partial charge in [-0.2, -0.15) is 4.98 Å². The van der Waals surface area contributed by atoms with Crippen molar-refractivity contribution in [2.45, 2.75) is 34.1 Å². The molecule has 0 saturated carbocycles. The fourth-order valence-electron chi connectivity index (χ4n) is 1.31. The maximum absolute atomic E-state index is 5.97. The molecule has 0 aliphatic rings. The zero-order valence-electron chi connectivity index (χ0n) is 11.1. The molecule has 0 radical (unpaired) electrons. The molecule has 1 aromatic heterocycles. The molecule has 0 amide bonds. The van der Waals surface area contributed by atoms with Gasteiger partial charge in [0, 0.05) is 13.0 Å². The average Bonchev–Trinajstić information content (AvgIpc) is 2.30. The van der Waals surface area contributed by atoms with E-state index in [1.807, 2.05) is 13.8 Å². The summed E-state index contributed by atoms with van der Waals surface area (Å²) in [4.78, 5) is 8.65. The lowest BCUT2D eigenvalue weighted by Crippen LogP contribution is -2.12. The van der Waals surface area contributed by atoms with Crippen LogP contribution in [0.4, 0.5) is 11.5 Å². The van der Waals surface area contributed by atoms with Crippen molar-refractivity contribution in [3.63, 3.8) is 0 Å². The van der Waals surface area contributed by atoms with Crippen LogP contribution in [0.15, 0.2) is 0 Å². The SMILES string of the molecule is CCNc1nc(CC)nc(OCC(C)C)c1N. The monoisotopic (exact) mass is 238 g/mol. The van der Waals surface area contributed by atoms with E-state index < -0.39 is 0 Å². The summed E-state index contributed by atoms with van der Waals surface area (Å²) in [5.41, 5.74) is 6.46. The molecule has 0 saturated heterocycles. The lowest BCUT2D eigenvalue weighted by Gasteiger charge is -2.14. The van der Waals surface area contributed by atoms with Crippen LogP contribution in [-0.2, 0) is 6.42 Å². The van der Waals surface area contributed by atoms with Crippen LogP contribution in [0.25, 0.3) is 0 Å². The Morgan fingerprint density at radius 2 is 2.00 bits per heavy atom. The second kappa shape index (κ2) is 6.27. The molecule has 0 fully saturated rings. The number of ether oxygens (including phenoxy) is 1. The molecule has 1 aromatic rings. The van der Waals surface area contributed by atoms with Gasteiger partial charge < -0.3 is 15.8 Å². The normalized spacial score (nSPS) is 10.6. The highest BCUT2D eigenvalue weighted by atomic mass is 16.5. The highest BCUT2D eigenvalue weighted by Crippen LogP contribution is 2.26. The standard InChI is InChI=1S/C12H22N4O/c1-5-9-15-11(14-6-2)10(13)12(16-9)17-7-8(3)4/h8H,5-7,13H2,1-4H3,(H,14,15,16). The molecule has 96 valence electrons. The number of rotatable bonds is 6. The number of aromatic nitrogens is 2. The number of nitrogens with one attached hydrogen (secondary N) is 1. The van der Waals surface area contributed by atoms with Crippen molar-refractivity contribution in [2.75, 3.05) is 24.2 Å². The number of nitrogen functional groups attached to an aromatic ring is 1. The van der Waals surface area contributed by atoms with Crippen LogP contribution in [0.5, 0.6) is 5.88 Å². The predicted molar refractivity (Wildman–Crippen MR) is 70.3 cm³/mol. The van der Waals surface area contributed by atoms with Gasteiger partial charge in [-0.15, -0.1) is 0 Å². The van der Waals surface area contributed by atoms with Crippen LogP contribution in [0.3, 0.4) is 0 Å². The van der Waals surface area contributed by atoms with E-state index in [1.165, 1.54) is 0 Å². The number of anilines is 2. The first-order valence-electron chi connectivity index (χ1n) is 6.11. The molecule has 5 nitrogen and oxygen atoms in total. The van der Waals surface area contributed by atoms with Crippen molar-refractivity contribution in [1.82, 2.24) is 9.97 Å². The summed E-state index contributed by atoms with van der Waals surface area (Å²) in [5, 5.41) is 3.12. The zero-order chi connectivity index (χ0) is 12.8. The molecule has 0 aliphatic heterocycles. The van der Waals surface area contributed by atoms with Crippen LogP contribution >= 0.6 is 0 Å². The fraction of sp³-hybridized carbons (Fsp3) is 0.667. The predicted octanol–water partition coefficient (Wildman–Crippen LogP) is 2.09. The highest BCUT2D eigenvalue weighted by Gasteiger charge is 2.12. The maximum atomic E-state index is 5.97. The quantitative estimate of drug-likeness (QED) is 0.794. The molecule has 0 spiro atoms. The van der Waals surface area contributed by atoms with Gasteiger partial charge in [-0.1, -0.05) is 20.8 Å². The Bertz CT molecular complexity index is 366. The van der Waals surface area contributed by atoms with Crippen LogP contribution in [-0.4, -0.2) is 23.1 Å². The second-order valence-corrected chi connectivity index (χ2v) is 4.30. The van der Waals surface area contributed by atoms with E-state index in [0.29, 0.717) is 29.9 Å². The molecular formula is C12H22N4O. The molecule has 0 atom stereocenters. The molecule has 0 bridgehead atoms. The molecular weight excluding hydrogens is 216 g/mol. The van der Waals surface area contributed by atoms with E-state index in [4.69, 9.17) is 10.5 Å². The molecule has 1 rings (SSSR count). The Balaban J connectivity index is 2.96. The van der Waals surface area contributed by atoms with Crippen molar-refractivity contribution in [2.24, 2.45) is 5.92 Å². The summed E-state index contributed by atoms with van der Waals surface area (Å²) in [6, 6.07) is 0. The first-order chi connectivity index (χ1) is 8.08. The van der Waals surface area contributed by atoms with Crippen molar-refractivity contribution < 1.29 is 4.74 Å². The van der Waals surface area contributed by atoms with E-state index >= 15 is 0 Å². The van der Waals surface area contributed by atoms with Crippen LogP contribution in [0.2, 0.25) is 0 Å². The van der Waals surface area contributed by atoms with Gasteiger partial charge in [-0.05, 0) is 12.8 Å². The minimum absolute atomic E-state index is 0.442. The summed E-state index contributed by atoms with van der Waals surface area (Å²) < 4.78 is 5.61. The van der Waals surface area contributed by atoms with Crippen molar-refractivity contribution in [1.29, 1.82) is 0 Å². The highest BCUT2D eigenvalue weighted by molar-refractivity contribution is 5.66. The minimum Gasteiger partial charge on any atom is -0.476 e. The lowest BCUT2D eigenvalue weighted by molar-refractivity contribution is 0.262. The molecule has 5 heteroatoms. The molecule has 0 aromatic carbocycles. The van der Waals surface area contributed by atoms with Gasteiger partial charge in [0.25, 0.3) is 0 Å². The van der Waals surface area contributed by atoms with Gasteiger partial charge in [-0.25, -0.2) is 4.98 Å². The van der Waals surface area contributed by atoms with Crippen molar-refractivity contribution >= 4 is 11.5 Å². The Morgan fingerprint density at radius 3 is 2.53 bits per heavy atom. The molecule has 17 heavy (non-hydrogen) atoms. The molecule has 3 N–H and O–H groups in total. The number of nitrogens with zero attached hydrogens (tertiary/aromatic N) is 2. The first-order valence-corrected chi connectivity index (χ1v) is 6.11. The Labute approximate surface area is 103 Å². The van der Waals surface area contributed by atoms with E-state index in [0.717, 1.165) is 18.8 Å². The third-order valence-electron chi connectivity index (χ3n) is 2.17. The number of hydrogen-bond donors (Lipinski definition) is 2. The van der Waals surface area contributed by atoms with E-state index in [2.05, 4.69) is 29.1 Å². The Hall–Kier alpha value is -1.52. The van der Waals surface area contributed by atoms with Crippen LogP contribution < -0.4 is 15.8 Å². The Morgan fingerprint density at radius 1 is 1.29 bits per heavy atom. The maximum Gasteiger partial charge on any atom is 0.242 e. The Kier molecular flexibility index (Phi) is 5.00. The topological polar surface area (TPSA) is 73.1 Å². The lowest BCUT2D eigenvalue weighted by atomic mass is 10.2. The van der Waals surface area contributed by atoms with Gasteiger partial charge in [0.15, 0.2) is 5.82 Å². The van der Waals surface area contributed by atoms with Gasteiger partial charge in [0.1, 0.15) is 11.5 Å². The summed E-state index contributed by atoms with van der Waals surface area (Å²) in [7, 11) is 0. The second-order valence-electron chi connectivity index (χ2n) is 4.30.